The number of fused-ring (bicyclic) bond motifs is 1. The number of hydrogen-bond donors (Lipinski definition) is 1. The fourth-order valence-electron chi connectivity index (χ4n) is 3.85. The fourth-order valence-corrected chi connectivity index (χ4v) is 4.95. The summed E-state index contributed by atoms with van der Waals surface area (Å²) in [6, 6.07) is 15.1. The van der Waals surface area contributed by atoms with E-state index in [1.165, 1.54) is 11.6 Å². The van der Waals surface area contributed by atoms with Crippen LogP contribution < -0.4 is 5.32 Å². The highest BCUT2D eigenvalue weighted by molar-refractivity contribution is 7.18. The van der Waals surface area contributed by atoms with E-state index in [2.05, 4.69) is 22.3 Å². The first-order chi connectivity index (χ1) is 14.0. The molecule has 1 aromatic heterocycles. The lowest BCUT2D eigenvalue weighted by atomic mass is 9.97. The van der Waals surface area contributed by atoms with E-state index in [0.29, 0.717) is 17.2 Å². The van der Waals surface area contributed by atoms with Gasteiger partial charge in [0.25, 0.3) is 0 Å². The second kappa shape index (κ2) is 8.43. The summed E-state index contributed by atoms with van der Waals surface area (Å²) in [6.07, 6.45) is 2.16. The van der Waals surface area contributed by atoms with Gasteiger partial charge in [0.2, 0.25) is 5.91 Å². The van der Waals surface area contributed by atoms with Crippen LogP contribution in [0.2, 0.25) is 0 Å². The van der Waals surface area contributed by atoms with Gasteiger partial charge in [0, 0.05) is 23.7 Å². The van der Waals surface area contributed by atoms with Gasteiger partial charge in [-0.25, -0.2) is 4.98 Å². The Morgan fingerprint density at radius 3 is 2.83 bits per heavy atom. The molecule has 6 heteroatoms. The average molecular weight is 408 g/mol. The van der Waals surface area contributed by atoms with Crippen molar-refractivity contribution in [2.24, 2.45) is 0 Å². The number of piperidine rings is 1. The molecule has 2 aromatic carbocycles. The van der Waals surface area contributed by atoms with Gasteiger partial charge in [0.1, 0.15) is 0 Å². The molecule has 0 spiro atoms. The maximum Gasteiger partial charge on any atom is 0.241 e. The standard InChI is InChI=1S/C23H25N3O2S/c1-15(22(28)24-19-9-5-7-17(13-19)16(2)27)26-12-6-8-18(14-26)23-25-20-10-3-4-11-21(20)29-23/h3-5,7,9-11,13,15,18H,6,8,12,14H2,1-2H3,(H,24,28)/t15-,18-/m0/s1. The van der Waals surface area contributed by atoms with Crippen LogP contribution in [0.15, 0.2) is 48.5 Å². The van der Waals surface area contributed by atoms with Crippen molar-refractivity contribution in [1.29, 1.82) is 0 Å². The van der Waals surface area contributed by atoms with Crippen molar-refractivity contribution in [2.45, 2.75) is 38.6 Å². The van der Waals surface area contributed by atoms with E-state index in [4.69, 9.17) is 4.98 Å². The number of hydrogen-bond acceptors (Lipinski definition) is 5. The molecule has 150 valence electrons. The van der Waals surface area contributed by atoms with Gasteiger partial charge in [0.05, 0.1) is 21.3 Å². The van der Waals surface area contributed by atoms with Gasteiger partial charge in [-0.3, -0.25) is 14.5 Å². The van der Waals surface area contributed by atoms with Gasteiger partial charge in [-0.2, -0.15) is 0 Å². The number of nitrogens with zero attached hydrogens (tertiary/aromatic N) is 2. The third-order valence-corrected chi connectivity index (χ3v) is 6.78. The Hall–Kier alpha value is -2.57. The SMILES string of the molecule is CC(=O)c1cccc(NC(=O)[C@H](C)N2CCC[C@H](c3nc4ccccc4s3)C2)c1. The number of likely N-dealkylation sites (tertiary alicyclic amines) is 1. The van der Waals surface area contributed by atoms with Gasteiger partial charge in [-0.05, 0) is 57.5 Å². The number of aromatic nitrogens is 1. The van der Waals surface area contributed by atoms with Gasteiger partial charge >= 0.3 is 0 Å². The zero-order chi connectivity index (χ0) is 20.4. The van der Waals surface area contributed by atoms with Crippen LogP contribution in [0.25, 0.3) is 10.2 Å². The number of amides is 1. The molecule has 1 saturated heterocycles. The summed E-state index contributed by atoms with van der Waals surface area (Å²) in [4.78, 5) is 31.5. The van der Waals surface area contributed by atoms with Crippen molar-refractivity contribution in [3.05, 3.63) is 59.1 Å². The fraction of sp³-hybridized carbons (Fsp3) is 0.348. The molecule has 3 aromatic rings. The first-order valence-corrected chi connectivity index (χ1v) is 10.8. The summed E-state index contributed by atoms with van der Waals surface area (Å²) in [7, 11) is 0. The minimum Gasteiger partial charge on any atom is -0.325 e. The molecule has 29 heavy (non-hydrogen) atoms. The Balaban J connectivity index is 1.44. The molecule has 1 amide bonds. The minimum atomic E-state index is -0.242. The topological polar surface area (TPSA) is 62.3 Å². The van der Waals surface area contributed by atoms with E-state index < -0.39 is 0 Å². The van der Waals surface area contributed by atoms with Gasteiger partial charge in [-0.1, -0.05) is 24.3 Å². The Morgan fingerprint density at radius 1 is 1.21 bits per heavy atom. The quantitative estimate of drug-likeness (QED) is 0.623. The van der Waals surface area contributed by atoms with Gasteiger partial charge in [-0.15, -0.1) is 11.3 Å². The first kappa shape index (κ1) is 19.7. The van der Waals surface area contributed by atoms with E-state index in [1.807, 2.05) is 25.1 Å². The average Bonchev–Trinajstić information content (AvgIpc) is 3.18. The molecule has 0 radical (unpaired) electrons. The Kier molecular flexibility index (Phi) is 5.74. The lowest BCUT2D eigenvalue weighted by Crippen LogP contribution is -2.46. The summed E-state index contributed by atoms with van der Waals surface area (Å²) in [6.45, 7) is 5.22. The van der Waals surface area contributed by atoms with E-state index in [1.54, 1.807) is 29.5 Å². The molecule has 1 N–H and O–H groups in total. The molecule has 0 aliphatic carbocycles. The molecule has 2 atom stereocenters. The van der Waals surface area contributed by atoms with E-state index in [0.717, 1.165) is 36.5 Å². The number of ketones is 1. The summed E-state index contributed by atoms with van der Waals surface area (Å²) < 4.78 is 1.22. The van der Waals surface area contributed by atoms with Crippen LogP contribution in [0.3, 0.4) is 0 Å². The minimum absolute atomic E-state index is 0.0103. The number of nitrogens with one attached hydrogen (secondary N) is 1. The van der Waals surface area contributed by atoms with Crippen LogP contribution in [0.5, 0.6) is 0 Å². The Bertz CT molecular complexity index is 1010. The number of benzene rings is 2. The number of thiazole rings is 1. The van der Waals surface area contributed by atoms with Crippen molar-refractivity contribution in [3.8, 4) is 0 Å². The van der Waals surface area contributed by atoms with Crippen LogP contribution in [0, 0.1) is 0 Å². The molecule has 0 bridgehead atoms. The molecule has 1 aliphatic heterocycles. The molecule has 1 aliphatic rings. The second-order valence-electron chi connectivity index (χ2n) is 7.66. The second-order valence-corrected chi connectivity index (χ2v) is 8.72. The molecule has 0 saturated carbocycles. The van der Waals surface area contributed by atoms with E-state index in [-0.39, 0.29) is 17.7 Å². The van der Waals surface area contributed by atoms with Gasteiger partial charge in [0.15, 0.2) is 5.78 Å². The largest absolute Gasteiger partial charge is 0.325 e. The number of Topliss-reactive ketones (excluding diaryl/α,β-unsaturated/α-hetero) is 1. The highest BCUT2D eigenvalue weighted by atomic mass is 32.1. The van der Waals surface area contributed by atoms with Crippen molar-refractivity contribution in [3.63, 3.8) is 0 Å². The van der Waals surface area contributed by atoms with Crippen LogP contribution >= 0.6 is 11.3 Å². The highest BCUT2D eigenvalue weighted by Gasteiger charge is 2.29. The third kappa shape index (κ3) is 4.38. The number of carbonyl (C=O) groups is 2. The highest BCUT2D eigenvalue weighted by Crippen LogP contribution is 2.33. The predicted molar refractivity (Wildman–Crippen MR) is 118 cm³/mol. The van der Waals surface area contributed by atoms with Gasteiger partial charge < -0.3 is 5.32 Å². The number of rotatable bonds is 5. The molecular weight excluding hydrogens is 382 g/mol. The molecule has 1 fully saturated rings. The monoisotopic (exact) mass is 407 g/mol. The Labute approximate surface area is 174 Å². The Morgan fingerprint density at radius 2 is 2.03 bits per heavy atom. The van der Waals surface area contributed by atoms with E-state index >= 15 is 0 Å². The van der Waals surface area contributed by atoms with Crippen molar-refractivity contribution < 1.29 is 9.59 Å². The first-order valence-electron chi connectivity index (χ1n) is 10.0. The summed E-state index contributed by atoms with van der Waals surface area (Å²) >= 11 is 1.76. The maximum atomic E-state index is 12.8. The zero-order valence-corrected chi connectivity index (χ0v) is 17.5. The smallest absolute Gasteiger partial charge is 0.241 e. The molecule has 2 heterocycles. The molecule has 4 rings (SSSR count). The molecule has 0 unspecified atom stereocenters. The van der Waals surface area contributed by atoms with E-state index in [9.17, 15) is 9.59 Å². The van der Waals surface area contributed by atoms with Crippen LogP contribution in [0.1, 0.15) is 48.0 Å². The summed E-state index contributed by atoms with van der Waals surface area (Å²) in [5, 5.41) is 4.13. The molecular formula is C23H25N3O2S. The van der Waals surface area contributed by atoms with Crippen LogP contribution in [-0.4, -0.2) is 40.7 Å². The number of carbonyl (C=O) groups excluding carboxylic acids is 2. The van der Waals surface area contributed by atoms with Crippen LogP contribution in [0.4, 0.5) is 5.69 Å². The van der Waals surface area contributed by atoms with Crippen molar-refractivity contribution in [1.82, 2.24) is 9.88 Å². The zero-order valence-electron chi connectivity index (χ0n) is 16.7. The summed E-state index contributed by atoms with van der Waals surface area (Å²) in [5.41, 5.74) is 2.32. The lowest BCUT2D eigenvalue weighted by Gasteiger charge is -2.35. The normalized spacial score (nSPS) is 18.5. The summed E-state index contributed by atoms with van der Waals surface area (Å²) in [5.74, 6) is 0.303. The lowest BCUT2D eigenvalue weighted by molar-refractivity contribution is -0.121. The third-order valence-electron chi connectivity index (χ3n) is 5.58. The van der Waals surface area contributed by atoms with Crippen molar-refractivity contribution in [2.75, 3.05) is 18.4 Å². The predicted octanol–water partition coefficient (Wildman–Crippen LogP) is 4.71. The maximum absolute atomic E-state index is 12.8. The number of para-hydroxylation sites is 1. The van der Waals surface area contributed by atoms with Crippen LogP contribution in [-0.2, 0) is 4.79 Å². The molecule has 5 nitrogen and oxygen atoms in total. The van der Waals surface area contributed by atoms with Crippen molar-refractivity contribution >= 4 is 38.9 Å². The number of anilines is 1.